The second-order valence-corrected chi connectivity index (χ2v) is 9.59. The van der Waals surface area contributed by atoms with E-state index in [4.69, 9.17) is 4.42 Å². The van der Waals surface area contributed by atoms with E-state index in [0.29, 0.717) is 0 Å². The van der Waals surface area contributed by atoms with Gasteiger partial charge in [0.1, 0.15) is 5.54 Å². The van der Waals surface area contributed by atoms with Crippen molar-refractivity contribution in [3.8, 4) is 11.1 Å². The van der Waals surface area contributed by atoms with E-state index in [9.17, 15) is 4.79 Å². The van der Waals surface area contributed by atoms with E-state index < -0.39 is 11.3 Å². The average Bonchev–Trinajstić information content (AvgIpc) is 3.41. The number of aromatic nitrogens is 2. The molecule has 38 heavy (non-hydrogen) atoms. The Morgan fingerprint density at radius 2 is 1.42 bits per heavy atom. The number of nitrogens with zero attached hydrogens (tertiary/aromatic N) is 2. The van der Waals surface area contributed by atoms with Gasteiger partial charge in [-0.15, -0.1) is 5.10 Å². The monoisotopic (exact) mass is 496 g/mol. The van der Waals surface area contributed by atoms with Crippen LogP contribution in [0.25, 0.3) is 16.7 Å². The van der Waals surface area contributed by atoms with Crippen molar-refractivity contribution >= 4 is 5.57 Å². The number of hydrogen-bond donors (Lipinski definition) is 0. The Morgan fingerprint density at radius 3 is 2.03 bits per heavy atom. The van der Waals surface area contributed by atoms with E-state index >= 15 is 0 Å². The van der Waals surface area contributed by atoms with Gasteiger partial charge in [0.05, 0.1) is 0 Å². The maximum absolute atomic E-state index is 13.2. The molecule has 1 aromatic heterocycles. The highest BCUT2D eigenvalue weighted by atomic mass is 16.4. The summed E-state index contributed by atoms with van der Waals surface area (Å²) >= 11 is 0. The van der Waals surface area contributed by atoms with Gasteiger partial charge in [0, 0.05) is 0 Å². The standard InChI is InChI=1S/C34H28N2O2/c1-25-13-11-22-31(26-14-5-2-6-15-26)32(25)27-16-12-21-30(23-27)34(28-17-7-3-8-18-28,29-19-9-4-10-20-29)36-33(37)38-24-35-36/h2-11,13-20,22-24H,12,21H2,1H3. The van der Waals surface area contributed by atoms with Crippen LogP contribution in [0.1, 0.15) is 35.1 Å². The van der Waals surface area contributed by atoms with Gasteiger partial charge in [0.25, 0.3) is 0 Å². The SMILES string of the molecule is Cc1cccc(-c2ccccc2)c1C1=CCCC(C(c2ccccc2)(c2ccccc2)n2ncoc2=O)=C1. The van der Waals surface area contributed by atoms with E-state index in [1.54, 1.807) is 0 Å². The first kappa shape index (κ1) is 23.7. The molecule has 0 fully saturated rings. The Kier molecular flexibility index (Phi) is 6.22. The summed E-state index contributed by atoms with van der Waals surface area (Å²) in [6.07, 6.45) is 7.43. The van der Waals surface area contributed by atoms with Crippen LogP contribution < -0.4 is 5.76 Å². The highest BCUT2D eigenvalue weighted by Gasteiger charge is 2.43. The molecule has 4 heteroatoms. The molecule has 1 heterocycles. The molecule has 0 bridgehead atoms. The Balaban J connectivity index is 1.63. The van der Waals surface area contributed by atoms with Crippen molar-refractivity contribution in [3.63, 3.8) is 0 Å². The minimum Gasteiger partial charge on any atom is -0.395 e. The van der Waals surface area contributed by atoms with Crippen LogP contribution in [0.15, 0.2) is 143 Å². The van der Waals surface area contributed by atoms with Gasteiger partial charge in [-0.1, -0.05) is 121 Å². The maximum atomic E-state index is 13.2. The van der Waals surface area contributed by atoms with Crippen LogP contribution >= 0.6 is 0 Å². The Hall–Kier alpha value is -4.70. The lowest BCUT2D eigenvalue weighted by Crippen LogP contribution is -2.44. The molecule has 0 radical (unpaired) electrons. The average molecular weight is 497 g/mol. The number of aryl methyl sites for hydroxylation is 1. The number of hydrogen-bond acceptors (Lipinski definition) is 3. The van der Waals surface area contributed by atoms with E-state index in [0.717, 1.165) is 35.1 Å². The van der Waals surface area contributed by atoms with Gasteiger partial charge in [0.15, 0.2) is 0 Å². The van der Waals surface area contributed by atoms with Gasteiger partial charge < -0.3 is 4.42 Å². The fourth-order valence-corrected chi connectivity index (χ4v) is 5.78. The van der Waals surface area contributed by atoms with Crippen molar-refractivity contribution in [1.82, 2.24) is 9.78 Å². The second kappa shape index (κ2) is 9.98. The molecule has 0 saturated carbocycles. The summed E-state index contributed by atoms with van der Waals surface area (Å²) in [5.41, 5.74) is 7.99. The summed E-state index contributed by atoms with van der Waals surface area (Å²) in [7, 11) is 0. The van der Waals surface area contributed by atoms with Gasteiger partial charge in [-0.25, -0.2) is 4.79 Å². The molecule has 0 amide bonds. The van der Waals surface area contributed by atoms with Crippen molar-refractivity contribution in [2.75, 3.05) is 0 Å². The lowest BCUT2D eigenvalue weighted by Gasteiger charge is -2.38. The lowest BCUT2D eigenvalue weighted by molar-refractivity contribution is 0.391. The third-order valence-corrected chi connectivity index (χ3v) is 7.41. The molecule has 0 spiro atoms. The molecule has 4 aromatic carbocycles. The Morgan fingerprint density at radius 1 is 0.789 bits per heavy atom. The molecule has 0 aliphatic heterocycles. The highest BCUT2D eigenvalue weighted by Crippen LogP contribution is 2.45. The van der Waals surface area contributed by atoms with Gasteiger partial charge >= 0.3 is 5.76 Å². The zero-order valence-electron chi connectivity index (χ0n) is 21.2. The molecule has 6 rings (SSSR count). The molecule has 5 aromatic rings. The van der Waals surface area contributed by atoms with Crippen LogP contribution in [-0.2, 0) is 5.54 Å². The van der Waals surface area contributed by atoms with Crippen molar-refractivity contribution in [1.29, 1.82) is 0 Å². The number of benzene rings is 4. The van der Waals surface area contributed by atoms with Crippen LogP contribution in [0.5, 0.6) is 0 Å². The van der Waals surface area contributed by atoms with Crippen LogP contribution in [0.4, 0.5) is 0 Å². The summed E-state index contributed by atoms with van der Waals surface area (Å²) in [6, 6.07) is 37.2. The normalized spacial score (nSPS) is 13.6. The molecule has 0 unspecified atom stereocenters. The molecule has 1 aliphatic carbocycles. The zero-order chi connectivity index (χ0) is 26.0. The maximum Gasteiger partial charge on any atom is 0.438 e. The quantitative estimate of drug-likeness (QED) is 0.246. The minimum absolute atomic E-state index is 0.490. The van der Waals surface area contributed by atoms with Crippen molar-refractivity contribution in [2.45, 2.75) is 25.3 Å². The Labute approximate surface area is 222 Å². The topological polar surface area (TPSA) is 48.0 Å². The summed E-state index contributed by atoms with van der Waals surface area (Å²) < 4.78 is 6.77. The Bertz CT molecular complexity index is 1640. The third kappa shape index (κ3) is 3.95. The zero-order valence-corrected chi connectivity index (χ0v) is 21.2. The lowest BCUT2D eigenvalue weighted by atomic mass is 9.72. The minimum atomic E-state index is -0.957. The summed E-state index contributed by atoms with van der Waals surface area (Å²) in [5, 5.41) is 4.47. The van der Waals surface area contributed by atoms with Crippen molar-refractivity contribution < 1.29 is 4.42 Å². The van der Waals surface area contributed by atoms with E-state index in [1.807, 2.05) is 42.5 Å². The number of allylic oxidation sites excluding steroid dienone is 4. The molecule has 4 nitrogen and oxygen atoms in total. The van der Waals surface area contributed by atoms with E-state index in [-0.39, 0.29) is 0 Å². The van der Waals surface area contributed by atoms with Gasteiger partial charge in [-0.3, -0.25) is 0 Å². The molecule has 0 N–H and O–H groups in total. The van der Waals surface area contributed by atoms with E-state index in [1.165, 1.54) is 33.3 Å². The first-order valence-corrected chi connectivity index (χ1v) is 12.9. The van der Waals surface area contributed by atoms with Crippen molar-refractivity contribution in [2.24, 2.45) is 0 Å². The second-order valence-electron chi connectivity index (χ2n) is 9.59. The molecule has 0 saturated heterocycles. The van der Waals surface area contributed by atoms with Gasteiger partial charge in [-0.2, -0.15) is 4.68 Å². The van der Waals surface area contributed by atoms with E-state index in [2.05, 4.69) is 90.9 Å². The van der Waals surface area contributed by atoms with Crippen LogP contribution in [-0.4, -0.2) is 9.78 Å². The van der Waals surface area contributed by atoms with Crippen LogP contribution in [0.3, 0.4) is 0 Å². The molecule has 0 atom stereocenters. The predicted octanol–water partition coefficient (Wildman–Crippen LogP) is 7.41. The molecular formula is C34H28N2O2. The van der Waals surface area contributed by atoms with Gasteiger partial charge in [-0.05, 0) is 64.3 Å². The molecule has 1 aliphatic rings. The highest BCUT2D eigenvalue weighted by molar-refractivity contribution is 5.88. The summed E-state index contributed by atoms with van der Waals surface area (Å²) in [5.74, 6) is -0.490. The fraction of sp³-hybridized carbons (Fsp3) is 0.118. The fourth-order valence-electron chi connectivity index (χ4n) is 5.78. The van der Waals surface area contributed by atoms with Crippen LogP contribution in [0.2, 0.25) is 0 Å². The molecule has 186 valence electrons. The van der Waals surface area contributed by atoms with Crippen molar-refractivity contribution in [3.05, 3.63) is 166 Å². The third-order valence-electron chi connectivity index (χ3n) is 7.41. The first-order valence-electron chi connectivity index (χ1n) is 12.9. The summed E-state index contributed by atoms with van der Waals surface area (Å²) in [4.78, 5) is 13.2. The number of rotatable bonds is 6. The molecular weight excluding hydrogens is 468 g/mol. The largest absolute Gasteiger partial charge is 0.438 e. The smallest absolute Gasteiger partial charge is 0.395 e. The summed E-state index contributed by atoms with van der Waals surface area (Å²) in [6.45, 7) is 2.16. The first-order chi connectivity index (χ1) is 18.7. The predicted molar refractivity (Wildman–Crippen MR) is 152 cm³/mol. The van der Waals surface area contributed by atoms with Crippen LogP contribution in [0, 0.1) is 6.92 Å². The van der Waals surface area contributed by atoms with Gasteiger partial charge in [0.2, 0.25) is 6.39 Å².